The SMILES string of the molecule is CN(CC1(CBr)CCOCC1)C1CCCCC1. The molecule has 0 aromatic heterocycles. The fourth-order valence-corrected chi connectivity index (χ4v) is 4.06. The van der Waals surface area contributed by atoms with Crippen LogP contribution in [0, 0.1) is 5.41 Å². The summed E-state index contributed by atoms with van der Waals surface area (Å²) in [6, 6.07) is 0.836. The molecular weight excluding hydrogens is 278 g/mol. The molecule has 0 unspecified atom stereocenters. The van der Waals surface area contributed by atoms with Gasteiger partial charge in [-0.1, -0.05) is 35.2 Å². The minimum atomic E-state index is 0.463. The zero-order valence-corrected chi connectivity index (χ0v) is 12.7. The molecule has 0 N–H and O–H groups in total. The van der Waals surface area contributed by atoms with Crippen molar-refractivity contribution in [2.24, 2.45) is 5.41 Å². The molecule has 1 saturated heterocycles. The summed E-state index contributed by atoms with van der Waals surface area (Å²) in [4.78, 5) is 2.63. The smallest absolute Gasteiger partial charge is 0.0472 e. The van der Waals surface area contributed by atoms with Crippen molar-refractivity contribution in [1.29, 1.82) is 0 Å². The van der Waals surface area contributed by atoms with E-state index in [0.29, 0.717) is 5.41 Å². The summed E-state index contributed by atoms with van der Waals surface area (Å²) in [6.45, 7) is 3.14. The third-order valence-electron chi connectivity index (χ3n) is 4.62. The Bertz CT molecular complexity index is 222. The van der Waals surface area contributed by atoms with Crippen LogP contribution in [0.1, 0.15) is 44.9 Å². The number of halogens is 1. The van der Waals surface area contributed by atoms with Crippen molar-refractivity contribution in [2.75, 3.05) is 32.1 Å². The summed E-state index contributed by atoms with van der Waals surface area (Å²) in [5.74, 6) is 0. The fourth-order valence-electron chi connectivity index (χ4n) is 3.32. The lowest BCUT2D eigenvalue weighted by Crippen LogP contribution is -2.45. The van der Waals surface area contributed by atoms with Gasteiger partial charge in [-0.3, -0.25) is 0 Å². The molecule has 0 aromatic rings. The molecule has 100 valence electrons. The van der Waals surface area contributed by atoms with Crippen LogP contribution < -0.4 is 0 Å². The third kappa shape index (κ3) is 3.68. The average molecular weight is 304 g/mol. The van der Waals surface area contributed by atoms with Crippen LogP contribution in [0.2, 0.25) is 0 Å². The van der Waals surface area contributed by atoms with Gasteiger partial charge >= 0.3 is 0 Å². The highest BCUT2D eigenvalue weighted by atomic mass is 79.9. The second-order valence-electron chi connectivity index (χ2n) is 5.95. The Balaban J connectivity index is 1.88. The molecule has 1 aliphatic heterocycles. The van der Waals surface area contributed by atoms with Gasteiger partial charge < -0.3 is 9.64 Å². The van der Waals surface area contributed by atoms with Crippen molar-refractivity contribution in [2.45, 2.75) is 51.0 Å². The lowest BCUT2D eigenvalue weighted by Gasteiger charge is -2.42. The van der Waals surface area contributed by atoms with Gasteiger partial charge in [-0.25, -0.2) is 0 Å². The van der Waals surface area contributed by atoms with Crippen molar-refractivity contribution >= 4 is 15.9 Å². The van der Waals surface area contributed by atoms with E-state index in [1.54, 1.807) is 0 Å². The Morgan fingerprint density at radius 1 is 1.18 bits per heavy atom. The standard InChI is InChI=1S/C14H26BrNO/c1-16(13-5-3-2-4-6-13)12-14(11-15)7-9-17-10-8-14/h13H,2-12H2,1H3. The van der Waals surface area contributed by atoms with E-state index < -0.39 is 0 Å². The van der Waals surface area contributed by atoms with Crippen LogP contribution in [0.3, 0.4) is 0 Å². The highest BCUT2D eigenvalue weighted by molar-refractivity contribution is 9.09. The molecule has 2 aliphatic rings. The number of rotatable bonds is 4. The highest BCUT2D eigenvalue weighted by Gasteiger charge is 2.34. The number of ether oxygens (including phenoxy) is 1. The van der Waals surface area contributed by atoms with Crippen LogP contribution >= 0.6 is 15.9 Å². The largest absolute Gasteiger partial charge is 0.381 e. The molecular formula is C14H26BrNO. The Hall–Kier alpha value is 0.400. The molecule has 0 atom stereocenters. The fraction of sp³-hybridized carbons (Fsp3) is 1.00. The predicted molar refractivity (Wildman–Crippen MR) is 75.8 cm³/mol. The van der Waals surface area contributed by atoms with Crippen molar-refractivity contribution in [3.8, 4) is 0 Å². The first kappa shape index (κ1) is 13.8. The lowest BCUT2D eigenvalue weighted by atomic mass is 9.81. The molecule has 0 spiro atoms. The molecule has 2 nitrogen and oxygen atoms in total. The van der Waals surface area contributed by atoms with E-state index in [0.717, 1.165) is 24.6 Å². The normalized spacial score (nSPS) is 26.3. The van der Waals surface area contributed by atoms with Gasteiger partial charge in [-0.2, -0.15) is 0 Å². The summed E-state index contributed by atoms with van der Waals surface area (Å²) in [5, 5.41) is 1.13. The second kappa shape index (κ2) is 6.53. The molecule has 1 aliphatic carbocycles. The van der Waals surface area contributed by atoms with Crippen LogP contribution in [0.15, 0.2) is 0 Å². The summed E-state index contributed by atoms with van der Waals surface area (Å²) < 4.78 is 5.51. The Labute approximate surface area is 114 Å². The van der Waals surface area contributed by atoms with E-state index in [1.807, 2.05) is 0 Å². The highest BCUT2D eigenvalue weighted by Crippen LogP contribution is 2.35. The third-order valence-corrected chi connectivity index (χ3v) is 5.81. The van der Waals surface area contributed by atoms with Crippen LogP contribution in [0.4, 0.5) is 0 Å². The number of hydrogen-bond donors (Lipinski definition) is 0. The van der Waals surface area contributed by atoms with Crippen LogP contribution in [-0.2, 0) is 4.74 Å². The molecule has 17 heavy (non-hydrogen) atoms. The zero-order valence-electron chi connectivity index (χ0n) is 11.1. The minimum absolute atomic E-state index is 0.463. The molecule has 2 rings (SSSR count). The van der Waals surface area contributed by atoms with E-state index in [-0.39, 0.29) is 0 Å². The van der Waals surface area contributed by atoms with Gasteiger partial charge in [0.25, 0.3) is 0 Å². The molecule has 1 heterocycles. The average Bonchev–Trinajstić information content (AvgIpc) is 2.41. The summed E-state index contributed by atoms with van der Waals surface area (Å²) in [6.07, 6.45) is 9.56. The second-order valence-corrected chi connectivity index (χ2v) is 6.51. The van der Waals surface area contributed by atoms with Crippen LogP contribution in [-0.4, -0.2) is 43.1 Å². The minimum Gasteiger partial charge on any atom is -0.381 e. The summed E-state index contributed by atoms with van der Waals surface area (Å²) in [5.41, 5.74) is 0.463. The van der Waals surface area contributed by atoms with E-state index in [9.17, 15) is 0 Å². The zero-order chi connectivity index (χ0) is 12.1. The molecule has 2 fully saturated rings. The Morgan fingerprint density at radius 3 is 2.41 bits per heavy atom. The van der Waals surface area contributed by atoms with Gasteiger partial charge in [-0.15, -0.1) is 0 Å². The maximum Gasteiger partial charge on any atom is 0.0472 e. The topological polar surface area (TPSA) is 12.5 Å². The summed E-state index contributed by atoms with van der Waals surface area (Å²) >= 11 is 3.74. The van der Waals surface area contributed by atoms with Crippen LogP contribution in [0.25, 0.3) is 0 Å². The van der Waals surface area contributed by atoms with Gasteiger partial charge in [0.1, 0.15) is 0 Å². The molecule has 0 aromatic carbocycles. The molecule has 0 radical (unpaired) electrons. The van der Waals surface area contributed by atoms with E-state index >= 15 is 0 Å². The summed E-state index contributed by atoms with van der Waals surface area (Å²) in [7, 11) is 2.33. The number of alkyl halides is 1. The molecule has 0 amide bonds. The van der Waals surface area contributed by atoms with Crippen molar-refractivity contribution < 1.29 is 4.74 Å². The quantitative estimate of drug-likeness (QED) is 0.738. The van der Waals surface area contributed by atoms with Crippen molar-refractivity contribution in [3.63, 3.8) is 0 Å². The predicted octanol–water partition coefficient (Wildman–Crippen LogP) is 3.44. The van der Waals surface area contributed by atoms with Crippen LogP contribution in [0.5, 0.6) is 0 Å². The number of nitrogens with zero attached hydrogens (tertiary/aromatic N) is 1. The molecule has 0 bridgehead atoms. The Morgan fingerprint density at radius 2 is 1.82 bits per heavy atom. The maximum atomic E-state index is 5.51. The van der Waals surface area contributed by atoms with Gasteiger partial charge in [-0.05, 0) is 38.1 Å². The number of hydrogen-bond acceptors (Lipinski definition) is 2. The van der Waals surface area contributed by atoms with E-state index in [1.165, 1.54) is 51.5 Å². The monoisotopic (exact) mass is 303 g/mol. The van der Waals surface area contributed by atoms with Gasteiger partial charge in [0, 0.05) is 31.1 Å². The van der Waals surface area contributed by atoms with Crippen molar-refractivity contribution in [3.05, 3.63) is 0 Å². The first-order valence-electron chi connectivity index (χ1n) is 7.10. The molecule has 3 heteroatoms. The van der Waals surface area contributed by atoms with Gasteiger partial charge in [0.2, 0.25) is 0 Å². The first-order chi connectivity index (χ1) is 8.26. The van der Waals surface area contributed by atoms with E-state index in [4.69, 9.17) is 4.74 Å². The van der Waals surface area contributed by atoms with Crippen molar-refractivity contribution in [1.82, 2.24) is 4.90 Å². The maximum absolute atomic E-state index is 5.51. The van der Waals surface area contributed by atoms with E-state index in [2.05, 4.69) is 27.9 Å². The van der Waals surface area contributed by atoms with Gasteiger partial charge in [0.05, 0.1) is 0 Å². The van der Waals surface area contributed by atoms with Gasteiger partial charge in [0.15, 0.2) is 0 Å². The Kier molecular flexibility index (Phi) is 5.31. The molecule has 1 saturated carbocycles. The first-order valence-corrected chi connectivity index (χ1v) is 8.22. The lowest BCUT2D eigenvalue weighted by molar-refractivity contribution is 0.00305.